The molecule has 0 saturated carbocycles. The van der Waals surface area contributed by atoms with Crippen molar-refractivity contribution in [2.45, 2.75) is 6.54 Å². The fourth-order valence-corrected chi connectivity index (χ4v) is 2.22. The van der Waals surface area contributed by atoms with Crippen molar-refractivity contribution >= 4 is 17.6 Å². The highest BCUT2D eigenvalue weighted by Crippen LogP contribution is 2.29. The molecular formula is C19H22N2O5. The number of nitrogens with zero attached hydrogens (tertiary/aromatic N) is 1. The third kappa shape index (κ3) is 4.89. The van der Waals surface area contributed by atoms with E-state index in [1.165, 1.54) is 19.2 Å². The first-order chi connectivity index (χ1) is 12.4. The molecule has 0 spiro atoms. The number of aromatic hydroxyl groups is 1. The van der Waals surface area contributed by atoms with Crippen LogP contribution >= 0.6 is 0 Å². The van der Waals surface area contributed by atoms with Gasteiger partial charge in [-0.1, -0.05) is 18.2 Å². The number of para-hydroxylation sites is 1. The monoisotopic (exact) mass is 358 g/mol. The van der Waals surface area contributed by atoms with Crippen molar-refractivity contribution in [3.63, 3.8) is 0 Å². The lowest BCUT2D eigenvalue weighted by atomic mass is 10.2. The number of ether oxygens (including phenoxy) is 2. The molecule has 0 aliphatic heterocycles. The molecule has 0 aliphatic rings. The zero-order chi connectivity index (χ0) is 19.1. The minimum Gasteiger partial charge on any atom is -0.504 e. The Morgan fingerprint density at radius 2 is 1.81 bits per heavy atom. The molecule has 0 atom stereocenters. The van der Waals surface area contributed by atoms with Gasteiger partial charge in [0.2, 0.25) is 0 Å². The lowest BCUT2D eigenvalue weighted by molar-refractivity contribution is -0.124. The molecule has 0 aliphatic carbocycles. The van der Waals surface area contributed by atoms with Crippen molar-refractivity contribution in [1.82, 2.24) is 5.32 Å². The van der Waals surface area contributed by atoms with Gasteiger partial charge in [-0.15, -0.1) is 0 Å². The number of hydrogen-bond donors (Lipinski definition) is 2. The van der Waals surface area contributed by atoms with Gasteiger partial charge in [0.15, 0.2) is 18.1 Å². The maximum absolute atomic E-state index is 12.0. The van der Waals surface area contributed by atoms with E-state index in [1.807, 2.05) is 43.3 Å². The van der Waals surface area contributed by atoms with Crippen molar-refractivity contribution in [2.75, 3.05) is 32.7 Å². The van der Waals surface area contributed by atoms with Crippen molar-refractivity contribution in [1.29, 1.82) is 0 Å². The Hall–Kier alpha value is -3.22. The van der Waals surface area contributed by atoms with Crippen molar-refractivity contribution in [2.24, 2.45) is 0 Å². The third-order valence-electron chi connectivity index (χ3n) is 3.72. The second kappa shape index (κ2) is 8.75. The number of benzene rings is 2. The van der Waals surface area contributed by atoms with Crippen LogP contribution in [0.2, 0.25) is 0 Å². The van der Waals surface area contributed by atoms with Crippen LogP contribution in [0.15, 0.2) is 42.5 Å². The fraction of sp³-hybridized carbons (Fsp3) is 0.263. The molecule has 2 N–H and O–H groups in total. The number of rotatable bonds is 7. The lowest BCUT2D eigenvalue weighted by Crippen LogP contribution is -2.28. The maximum atomic E-state index is 12.0. The first-order valence-electron chi connectivity index (χ1n) is 7.98. The molecule has 0 bridgehead atoms. The van der Waals surface area contributed by atoms with Crippen molar-refractivity contribution < 1.29 is 24.2 Å². The van der Waals surface area contributed by atoms with Gasteiger partial charge in [-0.25, -0.2) is 4.79 Å². The Bertz CT molecular complexity index is 772. The van der Waals surface area contributed by atoms with Gasteiger partial charge < -0.3 is 24.8 Å². The number of nitrogens with one attached hydrogen (secondary N) is 1. The summed E-state index contributed by atoms with van der Waals surface area (Å²) in [4.78, 5) is 25.8. The molecule has 0 radical (unpaired) electrons. The molecule has 0 aromatic heterocycles. The van der Waals surface area contributed by atoms with Crippen LogP contribution in [-0.4, -0.2) is 44.8 Å². The van der Waals surface area contributed by atoms with Gasteiger partial charge in [0, 0.05) is 26.3 Å². The Morgan fingerprint density at radius 1 is 1.12 bits per heavy atom. The quantitative estimate of drug-likeness (QED) is 0.736. The summed E-state index contributed by atoms with van der Waals surface area (Å²) in [7, 11) is 5.28. The van der Waals surface area contributed by atoms with E-state index in [-0.39, 0.29) is 17.1 Å². The largest absolute Gasteiger partial charge is 0.504 e. The SMILES string of the molecule is COc1cccc(C(=O)OCC(=O)NCc2ccc(N(C)C)cc2)c1O. The summed E-state index contributed by atoms with van der Waals surface area (Å²) in [5, 5.41) is 12.6. The van der Waals surface area contributed by atoms with Gasteiger partial charge in [-0.2, -0.15) is 0 Å². The molecule has 26 heavy (non-hydrogen) atoms. The summed E-state index contributed by atoms with van der Waals surface area (Å²) < 4.78 is 9.87. The number of phenolic OH excluding ortho intramolecular Hbond substituents is 1. The number of carbonyl (C=O) groups excluding carboxylic acids is 2. The van der Waals surface area contributed by atoms with Crippen molar-refractivity contribution in [3.05, 3.63) is 53.6 Å². The summed E-state index contributed by atoms with van der Waals surface area (Å²) in [5.74, 6) is -1.39. The molecule has 138 valence electrons. The highest BCUT2D eigenvalue weighted by molar-refractivity contribution is 5.94. The van der Waals surface area contributed by atoms with Crippen LogP contribution < -0.4 is 15.0 Å². The van der Waals surface area contributed by atoms with Crippen LogP contribution in [0, 0.1) is 0 Å². The highest BCUT2D eigenvalue weighted by atomic mass is 16.5. The molecule has 0 fully saturated rings. The van der Waals surface area contributed by atoms with E-state index >= 15 is 0 Å². The Labute approximate surface area is 152 Å². The van der Waals surface area contributed by atoms with Crippen LogP contribution in [0.4, 0.5) is 5.69 Å². The number of carbonyl (C=O) groups is 2. The van der Waals surface area contributed by atoms with Gasteiger partial charge in [0.1, 0.15) is 5.56 Å². The normalized spacial score (nSPS) is 10.1. The summed E-state index contributed by atoms with van der Waals surface area (Å²) in [5.41, 5.74) is 1.93. The second-order valence-electron chi connectivity index (χ2n) is 5.77. The van der Waals surface area contributed by atoms with E-state index in [9.17, 15) is 14.7 Å². The molecule has 2 aromatic carbocycles. The van der Waals surface area contributed by atoms with E-state index in [0.717, 1.165) is 11.3 Å². The van der Waals surface area contributed by atoms with Crippen LogP contribution in [0.25, 0.3) is 0 Å². The predicted molar refractivity (Wildman–Crippen MR) is 97.6 cm³/mol. The van der Waals surface area contributed by atoms with Gasteiger partial charge in [-0.05, 0) is 29.8 Å². The van der Waals surface area contributed by atoms with Crippen LogP contribution in [-0.2, 0) is 16.1 Å². The third-order valence-corrected chi connectivity index (χ3v) is 3.72. The zero-order valence-corrected chi connectivity index (χ0v) is 15.0. The highest BCUT2D eigenvalue weighted by Gasteiger charge is 2.17. The first-order valence-corrected chi connectivity index (χ1v) is 7.98. The fourth-order valence-electron chi connectivity index (χ4n) is 2.22. The van der Waals surface area contributed by atoms with Crippen molar-refractivity contribution in [3.8, 4) is 11.5 Å². The number of amides is 1. The second-order valence-corrected chi connectivity index (χ2v) is 5.77. The summed E-state index contributed by atoms with van der Waals surface area (Å²) in [6, 6.07) is 12.2. The molecule has 2 rings (SSSR count). The molecule has 2 aromatic rings. The van der Waals surface area contributed by atoms with E-state index in [0.29, 0.717) is 6.54 Å². The molecule has 0 unspecified atom stereocenters. The Balaban J connectivity index is 1.84. The molecule has 7 nitrogen and oxygen atoms in total. The van der Waals surface area contributed by atoms with Gasteiger partial charge in [0.05, 0.1) is 7.11 Å². The Morgan fingerprint density at radius 3 is 2.42 bits per heavy atom. The van der Waals surface area contributed by atoms with E-state index in [1.54, 1.807) is 6.07 Å². The average Bonchev–Trinajstić information content (AvgIpc) is 2.65. The summed E-state index contributed by atoms with van der Waals surface area (Å²) in [6.45, 7) is -0.111. The first kappa shape index (κ1) is 19.1. The van der Waals surface area contributed by atoms with Crippen LogP contribution in [0.5, 0.6) is 11.5 Å². The van der Waals surface area contributed by atoms with E-state index < -0.39 is 18.5 Å². The Kier molecular flexibility index (Phi) is 6.43. The van der Waals surface area contributed by atoms with Gasteiger partial charge in [-0.3, -0.25) is 4.79 Å². The molecule has 0 heterocycles. The maximum Gasteiger partial charge on any atom is 0.342 e. The number of hydrogen-bond acceptors (Lipinski definition) is 6. The molecule has 7 heteroatoms. The van der Waals surface area contributed by atoms with Crippen LogP contribution in [0.1, 0.15) is 15.9 Å². The van der Waals surface area contributed by atoms with Gasteiger partial charge in [0.25, 0.3) is 5.91 Å². The number of anilines is 1. The van der Waals surface area contributed by atoms with Crippen LogP contribution in [0.3, 0.4) is 0 Å². The van der Waals surface area contributed by atoms with E-state index in [2.05, 4.69) is 5.32 Å². The smallest absolute Gasteiger partial charge is 0.342 e. The average molecular weight is 358 g/mol. The summed E-state index contributed by atoms with van der Waals surface area (Å²) in [6.07, 6.45) is 0. The molecular weight excluding hydrogens is 336 g/mol. The predicted octanol–water partition coefficient (Wildman–Crippen LogP) is 1.94. The van der Waals surface area contributed by atoms with E-state index in [4.69, 9.17) is 9.47 Å². The number of esters is 1. The summed E-state index contributed by atoms with van der Waals surface area (Å²) >= 11 is 0. The standard InChI is InChI=1S/C19H22N2O5/c1-21(2)14-9-7-13(8-10-14)11-20-17(22)12-26-19(24)15-5-4-6-16(25-3)18(15)23/h4-10,23H,11-12H2,1-3H3,(H,20,22). The topological polar surface area (TPSA) is 88.1 Å². The minimum absolute atomic E-state index is 0.0589. The number of methoxy groups -OCH3 is 1. The zero-order valence-electron chi connectivity index (χ0n) is 15.0. The molecule has 0 saturated heterocycles. The number of phenols is 1. The lowest BCUT2D eigenvalue weighted by Gasteiger charge is -2.13. The minimum atomic E-state index is -0.799. The van der Waals surface area contributed by atoms with Gasteiger partial charge >= 0.3 is 5.97 Å². The molecule has 1 amide bonds.